The highest BCUT2D eigenvalue weighted by Crippen LogP contribution is 2.45. The van der Waals surface area contributed by atoms with Gasteiger partial charge in [-0.25, -0.2) is 4.98 Å². The molecule has 0 saturated carbocycles. The van der Waals surface area contributed by atoms with Crippen LogP contribution in [0.1, 0.15) is 46.4 Å². The number of anilines is 1. The second-order valence-electron chi connectivity index (χ2n) is 8.50. The molecular formula is C27H24N2O7S. The highest BCUT2D eigenvalue weighted by molar-refractivity contribution is 7.18. The number of carbonyl (C=O) groups is 3. The third kappa shape index (κ3) is 4.33. The summed E-state index contributed by atoms with van der Waals surface area (Å²) < 4.78 is 16.8. The number of ether oxygens (including phenoxy) is 3. The van der Waals surface area contributed by atoms with E-state index in [9.17, 15) is 19.5 Å². The standard InChI is InChI=1S/C27H24N2O7S/c1-4-34-18-7-5-6-16(12-18)22-21(23(31)17-8-9-19-20(13-17)36-11-10-35-19)24(32)26(33)29(22)27-28-14(2)25(37-27)15(3)30/h5-9,12-13,22,31H,4,10-11H2,1-3H3/b23-21+/t22-/m1/s1. The van der Waals surface area contributed by atoms with E-state index in [2.05, 4.69) is 4.98 Å². The van der Waals surface area contributed by atoms with Crippen molar-refractivity contribution in [2.75, 3.05) is 24.7 Å². The number of carbonyl (C=O) groups excluding carboxylic acids is 3. The van der Waals surface area contributed by atoms with Crippen molar-refractivity contribution in [2.45, 2.75) is 26.8 Å². The molecule has 2 aliphatic heterocycles. The Balaban J connectivity index is 1.70. The number of Topliss-reactive ketones (excluding diaryl/α,β-unsaturated/α-hetero) is 2. The highest BCUT2D eigenvalue weighted by atomic mass is 32.1. The Kier molecular flexibility index (Phi) is 6.43. The van der Waals surface area contributed by atoms with E-state index < -0.39 is 17.7 Å². The van der Waals surface area contributed by atoms with Crippen LogP contribution in [0.15, 0.2) is 48.0 Å². The molecule has 190 valence electrons. The van der Waals surface area contributed by atoms with Crippen molar-refractivity contribution in [3.8, 4) is 17.2 Å². The molecule has 0 bridgehead atoms. The number of nitrogens with zero attached hydrogens (tertiary/aromatic N) is 2. The molecule has 9 nitrogen and oxygen atoms in total. The van der Waals surface area contributed by atoms with Gasteiger partial charge in [0.2, 0.25) is 0 Å². The largest absolute Gasteiger partial charge is 0.507 e. The Morgan fingerprint density at radius 2 is 1.92 bits per heavy atom. The maximum absolute atomic E-state index is 13.4. The average molecular weight is 521 g/mol. The van der Waals surface area contributed by atoms with Crippen LogP contribution in [0, 0.1) is 6.92 Å². The Bertz CT molecular complexity index is 1460. The predicted octanol–water partition coefficient (Wildman–Crippen LogP) is 4.45. The first kappa shape index (κ1) is 24.5. The fourth-order valence-electron chi connectivity index (χ4n) is 4.44. The van der Waals surface area contributed by atoms with Gasteiger partial charge in [0, 0.05) is 12.5 Å². The molecular weight excluding hydrogens is 496 g/mol. The van der Waals surface area contributed by atoms with Crippen molar-refractivity contribution in [1.29, 1.82) is 0 Å². The molecule has 3 aromatic rings. The summed E-state index contributed by atoms with van der Waals surface area (Å²) in [6.07, 6.45) is 0. The van der Waals surface area contributed by atoms with Crippen molar-refractivity contribution in [1.82, 2.24) is 4.98 Å². The average Bonchev–Trinajstić information content (AvgIpc) is 3.40. The number of aliphatic hydroxyl groups excluding tert-OH is 1. The van der Waals surface area contributed by atoms with Gasteiger partial charge in [-0.3, -0.25) is 19.3 Å². The van der Waals surface area contributed by atoms with Crippen molar-refractivity contribution in [3.05, 3.63) is 69.7 Å². The van der Waals surface area contributed by atoms with Gasteiger partial charge in [0.25, 0.3) is 5.78 Å². The number of fused-ring (bicyclic) bond motifs is 1. The van der Waals surface area contributed by atoms with Crippen molar-refractivity contribution >= 4 is 39.7 Å². The lowest BCUT2D eigenvalue weighted by molar-refractivity contribution is -0.132. The number of aliphatic hydroxyl groups is 1. The molecule has 1 aromatic heterocycles. The number of hydrogen-bond donors (Lipinski definition) is 1. The first-order chi connectivity index (χ1) is 17.8. The zero-order chi connectivity index (χ0) is 26.3. The van der Waals surface area contributed by atoms with Gasteiger partial charge in [-0.1, -0.05) is 23.5 Å². The molecule has 1 amide bonds. The number of thiazole rings is 1. The molecule has 3 heterocycles. The van der Waals surface area contributed by atoms with Crippen LogP contribution >= 0.6 is 11.3 Å². The summed E-state index contributed by atoms with van der Waals surface area (Å²) in [6, 6.07) is 10.8. The topological polar surface area (TPSA) is 115 Å². The van der Waals surface area contributed by atoms with Crippen molar-refractivity contribution in [3.63, 3.8) is 0 Å². The fraction of sp³-hybridized carbons (Fsp3) is 0.259. The minimum absolute atomic E-state index is 0.104. The van der Waals surface area contributed by atoms with Gasteiger partial charge in [-0.05, 0) is 49.7 Å². The van der Waals surface area contributed by atoms with E-state index in [0.29, 0.717) is 58.8 Å². The maximum atomic E-state index is 13.4. The Labute approximate surface area is 216 Å². The van der Waals surface area contributed by atoms with Gasteiger partial charge < -0.3 is 19.3 Å². The summed E-state index contributed by atoms with van der Waals surface area (Å²) in [5.74, 6) is -0.759. The molecule has 0 spiro atoms. The zero-order valence-corrected chi connectivity index (χ0v) is 21.3. The molecule has 2 aromatic carbocycles. The molecule has 1 fully saturated rings. The normalized spacial score (nSPS) is 18.2. The number of rotatable bonds is 6. The van der Waals surface area contributed by atoms with Crippen molar-refractivity contribution in [2.24, 2.45) is 0 Å². The number of ketones is 2. The van der Waals surface area contributed by atoms with E-state index in [1.54, 1.807) is 49.4 Å². The summed E-state index contributed by atoms with van der Waals surface area (Å²) in [5.41, 5.74) is 1.20. The fourth-order valence-corrected chi connectivity index (χ4v) is 5.43. The molecule has 0 aliphatic carbocycles. The lowest BCUT2D eigenvalue weighted by atomic mass is 9.95. The summed E-state index contributed by atoms with van der Waals surface area (Å²) in [7, 11) is 0. The Morgan fingerprint density at radius 3 is 2.62 bits per heavy atom. The number of benzene rings is 2. The van der Waals surface area contributed by atoms with Crippen LogP contribution in [-0.4, -0.2) is 47.4 Å². The Morgan fingerprint density at radius 1 is 1.16 bits per heavy atom. The number of amides is 1. The van der Waals surface area contributed by atoms with Gasteiger partial charge >= 0.3 is 5.91 Å². The van der Waals surface area contributed by atoms with E-state index in [4.69, 9.17) is 14.2 Å². The van der Waals surface area contributed by atoms with E-state index in [-0.39, 0.29) is 22.2 Å². The third-order valence-corrected chi connectivity index (χ3v) is 7.31. The molecule has 0 radical (unpaired) electrons. The van der Waals surface area contributed by atoms with E-state index in [0.717, 1.165) is 11.3 Å². The van der Waals surface area contributed by atoms with Gasteiger partial charge in [0.15, 0.2) is 22.4 Å². The minimum Gasteiger partial charge on any atom is -0.507 e. The van der Waals surface area contributed by atoms with Crippen LogP contribution in [0.3, 0.4) is 0 Å². The lowest BCUT2D eigenvalue weighted by Gasteiger charge is -2.23. The zero-order valence-electron chi connectivity index (χ0n) is 20.4. The van der Waals surface area contributed by atoms with Gasteiger partial charge in [-0.2, -0.15) is 0 Å². The lowest BCUT2D eigenvalue weighted by Crippen LogP contribution is -2.29. The molecule has 37 heavy (non-hydrogen) atoms. The first-order valence-corrected chi connectivity index (χ1v) is 12.5. The smallest absolute Gasteiger partial charge is 0.301 e. The Hall–Kier alpha value is -4.18. The molecule has 1 atom stereocenters. The van der Waals surface area contributed by atoms with Crippen LogP contribution in [0.4, 0.5) is 5.13 Å². The van der Waals surface area contributed by atoms with Gasteiger partial charge in [0.05, 0.1) is 28.8 Å². The summed E-state index contributed by atoms with van der Waals surface area (Å²) in [5, 5.41) is 11.6. The summed E-state index contributed by atoms with van der Waals surface area (Å²) in [6.45, 7) is 6.14. The second kappa shape index (κ2) is 9.70. The third-order valence-electron chi connectivity index (χ3n) is 6.06. The molecule has 2 aliphatic rings. The maximum Gasteiger partial charge on any atom is 0.301 e. The molecule has 1 N–H and O–H groups in total. The molecule has 0 unspecified atom stereocenters. The van der Waals surface area contributed by atoms with Gasteiger partial charge in [0.1, 0.15) is 24.7 Å². The van der Waals surface area contributed by atoms with Gasteiger partial charge in [-0.15, -0.1) is 0 Å². The number of hydrogen-bond acceptors (Lipinski definition) is 9. The van der Waals surface area contributed by atoms with Crippen LogP contribution in [0.25, 0.3) is 5.76 Å². The molecule has 5 rings (SSSR count). The number of aryl methyl sites for hydroxylation is 1. The molecule has 1 saturated heterocycles. The van der Waals surface area contributed by atoms with Crippen molar-refractivity contribution < 1.29 is 33.7 Å². The second-order valence-corrected chi connectivity index (χ2v) is 9.48. The minimum atomic E-state index is -1.00. The number of aromatic nitrogens is 1. The predicted molar refractivity (Wildman–Crippen MR) is 137 cm³/mol. The van der Waals surface area contributed by atoms with Crippen LogP contribution in [0.2, 0.25) is 0 Å². The van der Waals surface area contributed by atoms with E-state index in [1.165, 1.54) is 11.8 Å². The highest BCUT2D eigenvalue weighted by Gasteiger charge is 2.48. The van der Waals surface area contributed by atoms with Crippen LogP contribution in [0.5, 0.6) is 17.2 Å². The quantitative estimate of drug-likeness (QED) is 0.219. The SMILES string of the molecule is CCOc1cccc([C@@H]2/C(=C(\O)c3ccc4c(c3)OCCO4)C(=O)C(=O)N2c2nc(C)c(C(C)=O)s2)c1. The molecule has 10 heteroatoms. The van der Waals surface area contributed by atoms with Crippen LogP contribution < -0.4 is 19.1 Å². The summed E-state index contributed by atoms with van der Waals surface area (Å²) in [4.78, 5) is 45.0. The first-order valence-electron chi connectivity index (χ1n) is 11.7. The van der Waals surface area contributed by atoms with E-state index in [1.807, 2.05) is 6.92 Å². The monoisotopic (exact) mass is 520 g/mol. The summed E-state index contributed by atoms with van der Waals surface area (Å²) >= 11 is 1.03. The van der Waals surface area contributed by atoms with E-state index >= 15 is 0 Å². The van der Waals surface area contributed by atoms with Crippen LogP contribution in [-0.2, 0) is 9.59 Å².